The van der Waals surface area contributed by atoms with E-state index in [2.05, 4.69) is 0 Å². The van der Waals surface area contributed by atoms with Gasteiger partial charge in [-0.1, -0.05) is 19.8 Å². The number of carboxylic acid groups (broad SMARTS) is 1. The molecule has 1 aliphatic carbocycles. The highest BCUT2D eigenvalue weighted by Crippen LogP contribution is 2.23. The second-order valence-electron chi connectivity index (χ2n) is 7.13. The number of nitrogens with zero attached hydrogens (tertiary/aromatic N) is 2. The first-order chi connectivity index (χ1) is 11.9. The zero-order valence-corrected chi connectivity index (χ0v) is 15.3. The predicted octanol–water partition coefficient (Wildman–Crippen LogP) is 1.51. The third-order valence-electron chi connectivity index (χ3n) is 5.25. The minimum absolute atomic E-state index is 0.0150. The molecule has 1 N–H and O–H groups in total. The summed E-state index contributed by atoms with van der Waals surface area (Å²) in [5, 5.41) is 9.02. The van der Waals surface area contributed by atoms with Crippen LogP contribution in [0.15, 0.2) is 0 Å². The molecule has 7 heteroatoms. The highest BCUT2D eigenvalue weighted by molar-refractivity contribution is 5.87. The van der Waals surface area contributed by atoms with Gasteiger partial charge >= 0.3 is 5.97 Å². The molecule has 0 radical (unpaired) electrons. The molecule has 2 aliphatic rings. The average Bonchev–Trinajstić information content (AvgIpc) is 3.12. The van der Waals surface area contributed by atoms with Crippen molar-refractivity contribution in [2.45, 2.75) is 64.1 Å². The fourth-order valence-corrected chi connectivity index (χ4v) is 3.59. The number of likely N-dealkylation sites (tertiary alicyclic amines) is 1. The second kappa shape index (κ2) is 9.17. The molecule has 2 amide bonds. The Kier molecular flexibility index (Phi) is 7.23. The van der Waals surface area contributed by atoms with Gasteiger partial charge < -0.3 is 19.6 Å². The Labute approximate surface area is 149 Å². The summed E-state index contributed by atoms with van der Waals surface area (Å²) in [5.74, 6) is -1.44. The number of carbonyl (C=O) groups excluding carboxylic acids is 2. The van der Waals surface area contributed by atoms with Crippen molar-refractivity contribution >= 4 is 17.8 Å². The van der Waals surface area contributed by atoms with Crippen LogP contribution in [0, 0.1) is 5.92 Å². The quantitative estimate of drug-likeness (QED) is 0.749. The van der Waals surface area contributed by atoms with Crippen molar-refractivity contribution in [3.05, 3.63) is 0 Å². The van der Waals surface area contributed by atoms with Crippen LogP contribution in [-0.4, -0.2) is 71.6 Å². The Bertz CT molecular complexity index is 482. The summed E-state index contributed by atoms with van der Waals surface area (Å²) >= 11 is 0. The van der Waals surface area contributed by atoms with E-state index in [-0.39, 0.29) is 30.4 Å². The van der Waals surface area contributed by atoms with E-state index in [1.165, 1.54) is 4.90 Å². The molecule has 7 nitrogen and oxygen atoms in total. The number of hydrogen-bond donors (Lipinski definition) is 1. The van der Waals surface area contributed by atoms with Gasteiger partial charge in [0.2, 0.25) is 5.91 Å². The van der Waals surface area contributed by atoms with Crippen LogP contribution in [0.25, 0.3) is 0 Å². The number of carbonyl (C=O) groups is 3. The summed E-state index contributed by atoms with van der Waals surface area (Å²) in [7, 11) is 1.63. The molecule has 25 heavy (non-hydrogen) atoms. The first kappa shape index (κ1) is 19.7. The summed E-state index contributed by atoms with van der Waals surface area (Å²) in [6, 6.07) is 0. The van der Waals surface area contributed by atoms with Gasteiger partial charge in [-0.2, -0.15) is 0 Å². The lowest BCUT2D eigenvalue weighted by molar-refractivity contribution is -0.151. The van der Waals surface area contributed by atoms with Crippen molar-refractivity contribution in [1.82, 2.24) is 9.80 Å². The van der Waals surface area contributed by atoms with Crippen molar-refractivity contribution in [1.29, 1.82) is 0 Å². The van der Waals surface area contributed by atoms with Crippen LogP contribution in [0.3, 0.4) is 0 Å². The molecule has 1 atom stereocenters. The molecular weight excluding hydrogens is 324 g/mol. The molecule has 142 valence electrons. The lowest BCUT2D eigenvalue weighted by Gasteiger charge is -2.32. The predicted molar refractivity (Wildman–Crippen MR) is 92.0 cm³/mol. The number of hydrogen-bond acceptors (Lipinski definition) is 4. The first-order valence-electron chi connectivity index (χ1n) is 9.33. The number of rotatable bonds is 7. The van der Waals surface area contributed by atoms with Gasteiger partial charge in [0.1, 0.15) is 6.10 Å². The molecule has 1 saturated carbocycles. The van der Waals surface area contributed by atoms with E-state index in [1.54, 1.807) is 11.9 Å². The number of ether oxygens (including phenoxy) is 1. The van der Waals surface area contributed by atoms with Crippen LogP contribution in [0.5, 0.6) is 0 Å². The SMILES string of the molecule is CCC(OC1CCCC1)C(=O)N(C)CC(=O)N1CCC(C(=O)O)CC1. The van der Waals surface area contributed by atoms with Crippen LogP contribution in [0.4, 0.5) is 0 Å². The molecule has 0 aromatic carbocycles. The molecule has 0 bridgehead atoms. The minimum Gasteiger partial charge on any atom is -0.481 e. The summed E-state index contributed by atoms with van der Waals surface area (Å²) in [6.07, 6.45) is 5.52. The zero-order valence-electron chi connectivity index (χ0n) is 15.3. The summed E-state index contributed by atoms with van der Waals surface area (Å²) in [5.41, 5.74) is 0. The van der Waals surface area contributed by atoms with E-state index in [1.807, 2.05) is 6.92 Å². The molecule has 0 aromatic rings. The van der Waals surface area contributed by atoms with Crippen molar-refractivity contribution in [3.63, 3.8) is 0 Å². The molecule has 1 heterocycles. The highest BCUT2D eigenvalue weighted by Gasteiger charge is 2.30. The fourth-order valence-electron chi connectivity index (χ4n) is 3.59. The number of aliphatic carboxylic acids is 1. The van der Waals surface area contributed by atoms with Gasteiger partial charge in [-0.15, -0.1) is 0 Å². The third kappa shape index (κ3) is 5.42. The number of carboxylic acids is 1. The van der Waals surface area contributed by atoms with Gasteiger partial charge in [0.05, 0.1) is 18.6 Å². The van der Waals surface area contributed by atoms with Crippen molar-refractivity contribution in [2.75, 3.05) is 26.7 Å². The summed E-state index contributed by atoms with van der Waals surface area (Å²) < 4.78 is 5.93. The van der Waals surface area contributed by atoms with E-state index >= 15 is 0 Å². The van der Waals surface area contributed by atoms with Crippen LogP contribution < -0.4 is 0 Å². The average molecular weight is 354 g/mol. The lowest BCUT2D eigenvalue weighted by atomic mass is 9.97. The molecule has 2 rings (SSSR count). The zero-order chi connectivity index (χ0) is 18.4. The first-order valence-corrected chi connectivity index (χ1v) is 9.33. The minimum atomic E-state index is -0.797. The lowest BCUT2D eigenvalue weighted by Crippen LogP contribution is -2.47. The van der Waals surface area contributed by atoms with Gasteiger partial charge in [-0.3, -0.25) is 14.4 Å². The molecule has 1 unspecified atom stereocenters. The normalized spacial score (nSPS) is 20.5. The van der Waals surface area contributed by atoms with Gasteiger partial charge in [0.25, 0.3) is 5.91 Å². The van der Waals surface area contributed by atoms with Crippen LogP contribution in [0.1, 0.15) is 51.9 Å². The molecule has 2 fully saturated rings. The Morgan fingerprint density at radius 2 is 1.76 bits per heavy atom. The van der Waals surface area contributed by atoms with Crippen molar-refractivity contribution in [2.24, 2.45) is 5.92 Å². The van der Waals surface area contributed by atoms with E-state index in [4.69, 9.17) is 9.84 Å². The number of amides is 2. The van der Waals surface area contributed by atoms with Crippen LogP contribution in [-0.2, 0) is 19.1 Å². The van der Waals surface area contributed by atoms with E-state index in [0.717, 1.165) is 25.7 Å². The third-order valence-corrected chi connectivity index (χ3v) is 5.25. The van der Waals surface area contributed by atoms with Gasteiger partial charge in [-0.25, -0.2) is 0 Å². The van der Waals surface area contributed by atoms with Crippen LogP contribution in [0.2, 0.25) is 0 Å². The largest absolute Gasteiger partial charge is 0.481 e. The number of likely N-dealkylation sites (N-methyl/N-ethyl adjacent to an activating group) is 1. The van der Waals surface area contributed by atoms with E-state index in [9.17, 15) is 14.4 Å². The molecular formula is C18H30N2O5. The maximum atomic E-state index is 12.6. The smallest absolute Gasteiger partial charge is 0.306 e. The van der Waals surface area contributed by atoms with Crippen molar-refractivity contribution < 1.29 is 24.2 Å². The Balaban J connectivity index is 1.80. The standard InChI is InChI=1S/C18H30N2O5/c1-3-15(25-14-6-4-5-7-14)17(22)19(2)12-16(21)20-10-8-13(9-11-20)18(23)24/h13-15H,3-12H2,1-2H3,(H,23,24). The maximum absolute atomic E-state index is 12.6. The molecule has 1 saturated heterocycles. The molecule has 0 aromatic heterocycles. The fraction of sp³-hybridized carbons (Fsp3) is 0.833. The van der Waals surface area contributed by atoms with Gasteiger partial charge in [0.15, 0.2) is 0 Å². The number of piperidine rings is 1. The van der Waals surface area contributed by atoms with E-state index in [0.29, 0.717) is 32.4 Å². The highest BCUT2D eigenvalue weighted by atomic mass is 16.5. The Morgan fingerprint density at radius 3 is 2.28 bits per heavy atom. The Morgan fingerprint density at radius 1 is 1.16 bits per heavy atom. The topological polar surface area (TPSA) is 87.2 Å². The monoisotopic (exact) mass is 354 g/mol. The molecule has 1 aliphatic heterocycles. The molecule has 0 spiro atoms. The Hall–Kier alpha value is -1.63. The maximum Gasteiger partial charge on any atom is 0.306 e. The second-order valence-corrected chi connectivity index (χ2v) is 7.13. The van der Waals surface area contributed by atoms with Gasteiger partial charge in [0, 0.05) is 20.1 Å². The van der Waals surface area contributed by atoms with Gasteiger partial charge in [-0.05, 0) is 32.1 Å². The van der Waals surface area contributed by atoms with E-state index < -0.39 is 12.1 Å². The van der Waals surface area contributed by atoms with Crippen molar-refractivity contribution in [3.8, 4) is 0 Å². The summed E-state index contributed by atoms with van der Waals surface area (Å²) in [4.78, 5) is 39.0. The summed E-state index contributed by atoms with van der Waals surface area (Å²) in [6.45, 7) is 2.81. The van der Waals surface area contributed by atoms with Crippen LogP contribution >= 0.6 is 0 Å².